The monoisotopic (exact) mass is 368 g/mol. The zero-order valence-corrected chi connectivity index (χ0v) is 14.9. The fourth-order valence-electron chi connectivity index (χ4n) is 1.91. The van der Waals surface area contributed by atoms with Crippen molar-refractivity contribution in [3.8, 4) is 5.75 Å². The predicted octanol–water partition coefficient (Wildman–Crippen LogP) is 4.64. The molecule has 0 aliphatic rings. The number of anilines is 1. The standard InChI is InChI=1S/C17H18Cl2N2O3/c1-21(23-2)17(22)20-14-7-8-16(15(19)11-14)24-10-9-12-3-5-13(18)6-4-12/h3-8,11H,9-10H2,1-2H3,(H,20,22). The van der Waals surface area contributed by atoms with E-state index in [1.54, 1.807) is 18.2 Å². The maximum absolute atomic E-state index is 11.7. The van der Waals surface area contributed by atoms with Gasteiger partial charge in [0.2, 0.25) is 0 Å². The molecule has 0 saturated heterocycles. The van der Waals surface area contributed by atoms with Crippen LogP contribution in [0.25, 0.3) is 0 Å². The molecular formula is C17H18Cl2N2O3. The molecule has 2 aromatic carbocycles. The number of nitrogens with one attached hydrogen (secondary N) is 1. The Hall–Kier alpha value is -1.95. The molecule has 5 nitrogen and oxygen atoms in total. The van der Waals surface area contributed by atoms with Crippen LogP contribution in [0.5, 0.6) is 5.75 Å². The Balaban J connectivity index is 1.90. The number of hydrogen-bond donors (Lipinski definition) is 1. The smallest absolute Gasteiger partial charge is 0.345 e. The maximum Gasteiger partial charge on any atom is 0.345 e. The third kappa shape index (κ3) is 5.30. The highest BCUT2D eigenvalue weighted by atomic mass is 35.5. The van der Waals surface area contributed by atoms with E-state index in [0.29, 0.717) is 28.1 Å². The van der Waals surface area contributed by atoms with E-state index in [4.69, 9.17) is 32.8 Å². The van der Waals surface area contributed by atoms with Gasteiger partial charge in [0.25, 0.3) is 0 Å². The Morgan fingerprint density at radius 3 is 2.50 bits per heavy atom. The van der Waals surface area contributed by atoms with Crippen LogP contribution in [0, 0.1) is 0 Å². The number of carbonyl (C=O) groups excluding carboxylic acids is 1. The summed E-state index contributed by atoms with van der Waals surface area (Å²) in [6, 6.07) is 12.3. The zero-order valence-electron chi connectivity index (χ0n) is 13.4. The molecule has 0 spiro atoms. The number of hydrogen-bond acceptors (Lipinski definition) is 3. The Bertz CT molecular complexity index is 693. The van der Waals surface area contributed by atoms with E-state index >= 15 is 0 Å². The quantitative estimate of drug-likeness (QED) is 0.755. The van der Waals surface area contributed by atoms with Crippen molar-refractivity contribution in [2.45, 2.75) is 6.42 Å². The lowest BCUT2D eigenvalue weighted by atomic mass is 10.2. The Kier molecular flexibility index (Phi) is 6.73. The van der Waals surface area contributed by atoms with Crippen molar-refractivity contribution in [1.29, 1.82) is 0 Å². The second kappa shape index (κ2) is 8.78. The molecule has 2 rings (SSSR count). The highest BCUT2D eigenvalue weighted by molar-refractivity contribution is 6.32. The van der Waals surface area contributed by atoms with Gasteiger partial charge < -0.3 is 10.1 Å². The molecule has 0 heterocycles. The minimum absolute atomic E-state index is 0.398. The first-order chi connectivity index (χ1) is 11.5. The Morgan fingerprint density at radius 2 is 1.88 bits per heavy atom. The largest absolute Gasteiger partial charge is 0.492 e. The van der Waals surface area contributed by atoms with E-state index in [-0.39, 0.29) is 0 Å². The van der Waals surface area contributed by atoms with Gasteiger partial charge in [-0.1, -0.05) is 35.3 Å². The van der Waals surface area contributed by atoms with Crippen molar-refractivity contribution >= 4 is 34.9 Å². The Morgan fingerprint density at radius 1 is 1.17 bits per heavy atom. The number of nitrogens with zero attached hydrogens (tertiary/aromatic N) is 1. The fourth-order valence-corrected chi connectivity index (χ4v) is 2.27. The summed E-state index contributed by atoms with van der Waals surface area (Å²) in [5.41, 5.74) is 1.68. The summed E-state index contributed by atoms with van der Waals surface area (Å²) in [6.45, 7) is 0.486. The summed E-state index contributed by atoms with van der Waals surface area (Å²) >= 11 is 12.0. The molecular weight excluding hydrogens is 351 g/mol. The van der Waals surface area contributed by atoms with Gasteiger partial charge in [0.15, 0.2) is 0 Å². The molecule has 2 amide bonds. The van der Waals surface area contributed by atoms with Gasteiger partial charge >= 0.3 is 6.03 Å². The van der Waals surface area contributed by atoms with Crippen molar-refractivity contribution in [2.75, 3.05) is 26.1 Å². The van der Waals surface area contributed by atoms with Gasteiger partial charge in [0, 0.05) is 24.2 Å². The molecule has 0 bridgehead atoms. The molecule has 2 aromatic rings. The van der Waals surface area contributed by atoms with Gasteiger partial charge in [-0.2, -0.15) is 0 Å². The number of urea groups is 1. The van der Waals surface area contributed by atoms with Crippen LogP contribution in [0.15, 0.2) is 42.5 Å². The third-order valence-electron chi connectivity index (χ3n) is 3.30. The molecule has 0 radical (unpaired) electrons. The lowest BCUT2D eigenvalue weighted by molar-refractivity contribution is -0.0598. The minimum Gasteiger partial charge on any atom is -0.492 e. The lowest BCUT2D eigenvalue weighted by Crippen LogP contribution is -2.30. The first kappa shape index (κ1) is 18.4. The number of hydroxylamine groups is 2. The number of carbonyl (C=O) groups is 1. The van der Waals surface area contributed by atoms with Crippen molar-refractivity contribution in [1.82, 2.24) is 5.06 Å². The highest BCUT2D eigenvalue weighted by Gasteiger charge is 2.09. The summed E-state index contributed by atoms with van der Waals surface area (Å²) in [4.78, 5) is 16.5. The van der Waals surface area contributed by atoms with E-state index in [9.17, 15) is 4.79 Å². The van der Waals surface area contributed by atoms with E-state index in [0.717, 1.165) is 17.0 Å². The Labute approximate surface area is 151 Å². The van der Waals surface area contributed by atoms with Crippen molar-refractivity contribution in [3.05, 3.63) is 58.1 Å². The third-order valence-corrected chi connectivity index (χ3v) is 3.85. The van der Waals surface area contributed by atoms with E-state index in [2.05, 4.69) is 5.32 Å². The number of benzene rings is 2. The van der Waals surface area contributed by atoms with Gasteiger partial charge in [-0.15, -0.1) is 0 Å². The van der Waals surface area contributed by atoms with E-state index in [1.807, 2.05) is 24.3 Å². The predicted molar refractivity (Wildman–Crippen MR) is 95.9 cm³/mol. The van der Waals surface area contributed by atoms with Crippen LogP contribution in [-0.2, 0) is 11.3 Å². The van der Waals surface area contributed by atoms with Crippen LogP contribution >= 0.6 is 23.2 Å². The second-order valence-corrected chi connectivity index (χ2v) is 5.82. The van der Waals surface area contributed by atoms with Gasteiger partial charge in [0.1, 0.15) is 5.75 Å². The molecule has 0 aliphatic heterocycles. The average molecular weight is 369 g/mol. The van der Waals surface area contributed by atoms with Crippen molar-refractivity contribution in [3.63, 3.8) is 0 Å². The van der Waals surface area contributed by atoms with Crippen molar-refractivity contribution in [2.24, 2.45) is 0 Å². The fraction of sp³-hybridized carbons (Fsp3) is 0.235. The number of ether oxygens (including phenoxy) is 1. The number of amides is 2. The molecule has 0 aliphatic carbocycles. The van der Waals surface area contributed by atoms with E-state index < -0.39 is 6.03 Å². The molecule has 0 aromatic heterocycles. The molecule has 128 valence electrons. The number of halogens is 2. The van der Waals surface area contributed by atoms with Crippen LogP contribution in [0.4, 0.5) is 10.5 Å². The van der Waals surface area contributed by atoms with Gasteiger partial charge in [-0.25, -0.2) is 9.86 Å². The lowest BCUT2D eigenvalue weighted by Gasteiger charge is -2.15. The molecule has 0 fully saturated rings. The van der Waals surface area contributed by atoms with Crippen LogP contribution in [-0.4, -0.2) is 31.9 Å². The minimum atomic E-state index is -0.398. The highest BCUT2D eigenvalue weighted by Crippen LogP contribution is 2.28. The van der Waals surface area contributed by atoms with Crippen LogP contribution in [0.2, 0.25) is 10.0 Å². The average Bonchev–Trinajstić information content (AvgIpc) is 2.57. The first-order valence-electron chi connectivity index (χ1n) is 7.25. The summed E-state index contributed by atoms with van der Waals surface area (Å²) in [6.07, 6.45) is 0.741. The molecule has 0 saturated carbocycles. The molecule has 0 atom stereocenters. The molecule has 7 heteroatoms. The second-order valence-electron chi connectivity index (χ2n) is 4.98. The molecule has 1 N–H and O–H groups in total. The van der Waals surface area contributed by atoms with Crippen LogP contribution in [0.3, 0.4) is 0 Å². The number of rotatable bonds is 6. The summed E-state index contributed by atoms with van der Waals surface area (Å²) < 4.78 is 5.69. The molecule has 24 heavy (non-hydrogen) atoms. The summed E-state index contributed by atoms with van der Waals surface area (Å²) in [5.74, 6) is 0.559. The SMILES string of the molecule is CON(C)C(=O)Nc1ccc(OCCc2ccc(Cl)cc2)c(Cl)c1. The van der Waals surface area contributed by atoms with Gasteiger partial charge in [0.05, 0.1) is 18.7 Å². The van der Waals surface area contributed by atoms with Crippen LogP contribution < -0.4 is 10.1 Å². The molecule has 0 unspecified atom stereocenters. The zero-order chi connectivity index (χ0) is 17.5. The first-order valence-corrected chi connectivity index (χ1v) is 8.01. The normalized spacial score (nSPS) is 10.3. The van der Waals surface area contributed by atoms with Gasteiger partial charge in [-0.3, -0.25) is 4.84 Å². The van der Waals surface area contributed by atoms with E-state index in [1.165, 1.54) is 14.2 Å². The van der Waals surface area contributed by atoms with Gasteiger partial charge in [-0.05, 0) is 35.9 Å². The van der Waals surface area contributed by atoms with Crippen LogP contribution in [0.1, 0.15) is 5.56 Å². The van der Waals surface area contributed by atoms with Crippen molar-refractivity contribution < 1.29 is 14.4 Å². The summed E-state index contributed by atoms with van der Waals surface area (Å²) in [5, 5.41) is 4.86. The topological polar surface area (TPSA) is 50.8 Å². The summed E-state index contributed by atoms with van der Waals surface area (Å²) in [7, 11) is 2.91. The maximum atomic E-state index is 11.7.